The van der Waals surface area contributed by atoms with Gasteiger partial charge in [-0.05, 0) is 43.7 Å². The van der Waals surface area contributed by atoms with Gasteiger partial charge in [-0.15, -0.1) is 0 Å². The van der Waals surface area contributed by atoms with Crippen LogP contribution < -0.4 is 5.32 Å². The van der Waals surface area contributed by atoms with E-state index in [1.54, 1.807) is 0 Å². The van der Waals surface area contributed by atoms with Crippen LogP contribution in [0, 0.1) is 18.6 Å². The predicted molar refractivity (Wildman–Crippen MR) is 77.3 cm³/mol. The zero-order valence-corrected chi connectivity index (χ0v) is 12.3. The van der Waals surface area contributed by atoms with E-state index in [2.05, 4.69) is 21.2 Å². The molecule has 0 aliphatic heterocycles. The molecule has 1 unspecified atom stereocenters. The summed E-state index contributed by atoms with van der Waals surface area (Å²) >= 11 is 3.43. The summed E-state index contributed by atoms with van der Waals surface area (Å²) in [5, 5.41) is 3.20. The lowest BCUT2D eigenvalue weighted by atomic mass is 10.1. The number of aryl methyl sites for hydroxylation is 1. The molecule has 0 aromatic heterocycles. The molecule has 100 valence electrons. The fourth-order valence-corrected chi connectivity index (χ4v) is 2.16. The lowest BCUT2D eigenvalue weighted by Gasteiger charge is -2.17. The summed E-state index contributed by atoms with van der Waals surface area (Å²) < 4.78 is 27.6. The molecule has 0 spiro atoms. The van der Waals surface area contributed by atoms with Crippen LogP contribution >= 0.6 is 15.9 Å². The van der Waals surface area contributed by atoms with E-state index in [0.29, 0.717) is 5.56 Å². The van der Waals surface area contributed by atoms with Crippen molar-refractivity contribution < 1.29 is 8.78 Å². The highest BCUT2D eigenvalue weighted by Crippen LogP contribution is 2.25. The first-order valence-corrected chi connectivity index (χ1v) is 6.74. The molecule has 2 aromatic rings. The van der Waals surface area contributed by atoms with Crippen molar-refractivity contribution in [3.63, 3.8) is 0 Å². The first-order chi connectivity index (χ1) is 8.97. The van der Waals surface area contributed by atoms with Gasteiger partial charge in [-0.2, -0.15) is 0 Å². The molecular formula is C15H14BrF2N. The van der Waals surface area contributed by atoms with Crippen LogP contribution in [0.25, 0.3) is 0 Å². The summed E-state index contributed by atoms with van der Waals surface area (Å²) in [6.45, 7) is 3.83. The van der Waals surface area contributed by atoms with Gasteiger partial charge in [-0.3, -0.25) is 0 Å². The van der Waals surface area contributed by atoms with E-state index >= 15 is 0 Å². The normalized spacial score (nSPS) is 12.3. The van der Waals surface area contributed by atoms with Crippen molar-refractivity contribution in [3.8, 4) is 0 Å². The summed E-state index contributed by atoms with van der Waals surface area (Å²) in [7, 11) is 0. The van der Waals surface area contributed by atoms with Gasteiger partial charge >= 0.3 is 0 Å². The fraction of sp³-hybridized carbons (Fsp3) is 0.200. The third-order valence-electron chi connectivity index (χ3n) is 2.97. The number of rotatable bonds is 3. The van der Waals surface area contributed by atoms with Crippen molar-refractivity contribution in [3.05, 3.63) is 63.6 Å². The highest BCUT2D eigenvalue weighted by molar-refractivity contribution is 9.10. The molecule has 0 saturated carbocycles. The molecule has 0 saturated heterocycles. The standard InChI is InChI=1S/C15H14BrF2N/c1-9-7-12(4-6-14(9)16)19-10(2)13-5-3-11(17)8-15(13)18/h3-8,10,19H,1-2H3. The van der Waals surface area contributed by atoms with Gasteiger partial charge < -0.3 is 5.32 Å². The molecule has 0 aliphatic carbocycles. The van der Waals surface area contributed by atoms with Gasteiger partial charge in [0, 0.05) is 21.8 Å². The number of hydrogen-bond acceptors (Lipinski definition) is 1. The van der Waals surface area contributed by atoms with Crippen LogP contribution in [0.4, 0.5) is 14.5 Å². The SMILES string of the molecule is Cc1cc(NC(C)c2ccc(F)cc2F)ccc1Br. The topological polar surface area (TPSA) is 12.0 Å². The first-order valence-electron chi connectivity index (χ1n) is 5.95. The number of benzene rings is 2. The summed E-state index contributed by atoms with van der Waals surface area (Å²) in [6, 6.07) is 9.22. The molecule has 0 bridgehead atoms. The maximum atomic E-state index is 13.7. The summed E-state index contributed by atoms with van der Waals surface area (Å²) in [5.41, 5.74) is 2.44. The average molecular weight is 326 g/mol. The number of halogens is 3. The van der Waals surface area contributed by atoms with Crippen LogP contribution in [0.3, 0.4) is 0 Å². The van der Waals surface area contributed by atoms with Gasteiger partial charge in [-0.25, -0.2) is 8.78 Å². The minimum absolute atomic E-state index is 0.235. The average Bonchev–Trinajstić information content (AvgIpc) is 2.33. The second-order valence-electron chi connectivity index (χ2n) is 4.50. The van der Waals surface area contributed by atoms with Gasteiger partial charge in [0.1, 0.15) is 11.6 Å². The maximum absolute atomic E-state index is 13.7. The van der Waals surface area contributed by atoms with E-state index in [-0.39, 0.29) is 6.04 Å². The third kappa shape index (κ3) is 3.32. The molecule has 0 fully saturated rings. The lowest BCUT2D eigenvalue weighted by Crippen LogP contribution is -2.09. The highest BCUT2D eigenvalue weighted by atomic mass is 79.9. The second-order valence-corrected chi connectivity index (χ2v) is 5.35. The van der Waals surface area contributed by atoms with E-state index in [0.717, 1.165) is 21.8 Å². The summed E-state index contributed by atoms with van der Waals surface area (Å²) in [4.78, 5) is 0. The minimum atomic E-state index is -0.562. The van der Waals surface area contributed by atoms with Crippen LogP contribution in [0.15, 0.2) is 40.9 Å². The zero-order chi connectivity index (χ0) is 14.0. The maximum Gasteiger partial charge on any atom is 0.131 e. The quantitative estimate of drug-likeness (QED) is 0.816. The molecule has 1 atom stereocenters. The van der Waals surface area contributed by atoms with Crippen LogP contribution in [-0.2, 0) is 0 Å². The Morgan fingerprint density at radius 2 is 1.84 bits per heavy atom. The molecular weight excluding hydrogens is 312 g/mol. The molecule has 4 heteroatoms. The molecule has 0 amide bonds. The molecule has 2 aromatic carbocycles. The number of anilines is 1. The van der Waals surface area contributed by atoms with E-state index in [1.807, 2.05) is 32.0 Å². The predicted octanol–water partition coefficient (Wildman–Crippen LogP) is 5.21. The Morgan fingerprint density at radius 1 is 1.11 bits per heavy atom. The van der Waals surface area contributed by atoms with Crippen molar-refractivity contribution >= 4 is 21.6 Å². The van der Waals surface area contributed by atoms with Gasteiger partial charge in [0.25, 0.3) is 0 Å². The molecule has 0 radical (unpaired) electrons. The monoisotopic (exact) mass is 325 g/mol. The van der Waals surface area contributed by atoms with Crippen LogP contribution in [0.2, 0.25) is 0 Å². The van der Waals surface area contributed by atoms with Crippen molar-refractivity contribution in [1.82, 2.24) is 0 Å². The molecule has 2 rings (SSSR count). The van der Waals surface area contributed by atoms with E-state index in [4.69, 9.17) is 0 Å². The largest absolute Gasteiger partial charge is 0.378 e. The van der Waals surface area contributed by atoms with Crippen LogP contribution in [-0.4, -0.2) is 0 Å². The molecule has 19 heavy (non-hydrogen) atoms. The van der Waals surface area contributed by atoms with Crippen molar-refractivity contribution in [2.24, 2.45) is 0 Å². The Kier molecular flexibility index (Phi) is 4.20. The summed E-state index contributed by atoms with van der Waals surface area (Å²) in [6.07, 6.45) is 0. The second kappa shape index (κ2) is 5.70. The van der Waals surface area contributed by atoms with Gasteiger partial charge in [-0.1, -0.05) is 22.0 Å². The smallest absolute Gasteiger partial charge is 0.131 e. The van der Waals surface area contributed by atoms with Gasteiger partial charge in [0.15, 0.2) is 0 Å². The Balaban J connectivity index is 2.20. The van der Waals surface area contributed by atoms with E-state index < -0.39 is 11.6 Å². The highest BCUT2D eigenvalue weighted by Gasteiger charge is 2.11. The fourth-order valence-electron chi connectivity index (χ4n) is 1.91. The Hall–Kier alpha value is -1.42. The van der Waals surface area contributed by atoms with Crippen LogP contribution in [0.5, 0.6) is 0 Å². The lowest BCUT2D eigenvalue weighted by molar-refractivity contribution is 0.566. The van der Waals surface area contributed by atoms with Crippen LogP contribution in [0.1, 0.15) is 24.1 Å². The molecule has 0 aliphatic rings. The molecule has 1 N–H and O–H groups in total. The Morgan fingerprint density at radius 3 is 2.47 bits per heavy atom. The zero-order valence-electron chi connectivity index (χ0n) is 10.7. The minimum Gasteiger partial charge on any atom is -0.378 e. The third-order valence-corrected chi connectivity index (χ3v) is 3.86. The molecule has 0 heterocycles. The van der Waals surface area contributed by atoms with Crippen molar-refractivity contribution in [2.75, 3.05) is 5.32 Å². The molecule has 1 nitrogen and oxygen atoms in total. The van der Waals surface area contributed by atoms with Crippen molar-refractivity contribution in [2.45, 2.75) is 19.9 Å². The number of nitrogens with one attached hydrogen (secondary N) is 1. The van der Waals surface area contributed by atoms with E-state index in [1.165, 1.54) is 12.1 Å². The van der Waals surface area contributed by atoms with Crippen molar-refractivity contribution in [1.29, 1.82) is 0 Å². The number of hydrogen-bond donors (Lipinski definition) is 1. The first kappa shape index (κ1) is 14.0. The van der Waals surface area contributed by atoms with E-state index in [9.17, 15) is 8.78 Å². The summed E-state index contributed by atoms with van der Waals surface area (Å²) in [5.74, 6) is -1.10. The van der Waals surface area contributed by atoms with Gasteiger partial charge in [0.05, 0.1) is 6.04 Å². The Labute approximate surface area is 119 Å². The van der Waals surface area contributed by atoms with Gasteiger partial charge in [0.2, 0.25) is 0 Å². The Bertz CT molecular complexity index is 599.